The van der Waals surface area contributed by atoms with E-state index in [1.54, 1.807) is 29.4 Å². The first-order chi connectivity index (χ1) is 13.6. The highest BCUT2D eigenvalue weighted by atomic mass is 79.9. The Kier molecular flexibility index (Phi) is 5.21. The van der Waals surface area contributed by atoms with Crippen LogP contribution in [0.2, 0.25) is 0 Å². The van der Waals surface area contributed by atoms with E-state index < -0.39 is 0 Å². The first-order valence-electron chi connectivity index (χ1n) is 8.89. The van der Waals surface area contributed by atoms with Gasteiger partial charge in [-0.1, -0.05) is 12.1 Å². The minimum Gasteiger partial charge on any atom is -0.379 e. The smallest absolute Gasteiger partial charge is 0.254 e. The topological polar surface area (TPSA) is 87.2 Å². The molecule has 1 fully saturated rings. The highest BCUT2D eigenvalue weighted by molar-refractivity contribution is 9.10. The van der Waals surface area contributed by atoms with E-state index in [2.05, 4.69) is 36.5 Å². The molecule has 7 nitrogen and oxygen atoms in total. The summed E-state index contributed by atoms with van der Waals surface area (Å²) in [5.41, 5.74) is 4.14. The van der Waals surface area contributed by atoms with E-state index >= 15 is 0 Å². The molecule has 0 saturated carbocycles. The maximum Gasteiger partial charge on any atom is 0.254 e. The molecule has 4 rings (SSSR count). The summed E-state index contributed by atoms with van der Waals surface area (Å²) >= 11 is 3.41. The third-order valence-corrected chi connectivity index (χ3v) is 4.99. The number of halogens is 1. The van der Waals surface area contributed by atoms with Crippen molar-refractivity contribution in [3.05, 3.63) is 64.4 Å². The fourth-order valence-electron chi connectivity index (χ4n) is 3.11. The van der Waals surface area contributed by atoms with E-state index in [9.17, 15) is 9.59 Å². The number of nitrogens with zero attached hydrogens (tertiary/aromatic N) is 3. The zero-order valence-corrected chi connectivity index (χ0v) is 16.6. The fraction of sp³-hybridized carbons (Fsp3) is 0.200. The highest BCUT2D eigenvalue weighted by Gasteiger charge is 2.22. The maximum absolute atomic E-state index is 12.5. The number of benzene rings is 1. The fourth-order valence-corrected chi connectivity index (χ4v) is 3.42. The third-order valence-electron chi connectivity index (χ3n) is 4.55. The van der Waals surface area contributed by atoms with Gasteiger partial charge in [-0.3, -0.25) is 19.6 Å². The van der Waals surface area contributed by atoms with Gasteiger partial charge in [0.15, 0.2) is 0 Å². The molecule has 1 aliphatic rings. The molecule has 2 N–H and O–H groups in total. The zero-order valence-electron chi connectivity index (χ0n) is 15.0. The number of rotatable bonds is 4. The Balaban J connectivity index is 1.44. The molecular formula is C20H18BrN5O2. The number of carbonyl (C=O) groups excluding carboxylic acids is 2. The van der Waals surface area contributed by atoms with Gasteiger partial charge < -0.3 is 15.5 Å². The lowest BCUT2D eigenvalue weighted by Crippen LogP contribution is -2.49. The molecule has 0 bridgehead atoms. The van der Waals surface area contributed by atoms with E-state index in [-0.39, 0.29) is 18.4 Å². The number of piperazine rings is 1. The second kappa shape index (κ2) is 7.93. The Morgan fingerprint density at radius 1 is 1.21 bits per heavy atom. The van der Waals surface area contributed by atoms with Crippen LogP contribution in [0, 0.1) is 0 Å². The van der Waals surface area contributed by atoms with Crippen molar-refractivity contribution in [2.45, 2.75) is 6.54 Å². The monoisotopic (exact) mass is 439 g/mol. The first kappa shape index (κ1) is 18.4. The van der Waals surface area contributed by atoms with Crippen LogP contribution in [-0.2, 0) is 11.3 Å². The number of nitrogens with one attached hydrogen (secondary N) is 2. The van der Waals surface area contributed by atoms with Gasteiger partial charge in [-0.05, 0) is 45.8 Å². The minimum atomic E-state index is -0.121. The number of carbonyl (C=O) groups is 2. The molecule has 0 radical (unpaired) electrons. The number of amides is 2. The largest absolute Gasteiger partial charge is 0.379 e. The molecule has 1 aliphatic heterocycles. The molecule has 2 aromatic heterocycles. The van der Waals surface area contributed by atoms with Gasteiger partial charge in [0, 0.05) is 42.1 Å². The van der Waals surface area contributed by atoms with Crippen LogP contribution in [0.15, 0.2) is 53.3 Å². The summed E-state index contributed by atoms with van der Waals surface area (Å²) in [7, 11) is 0. The molecule has 8 heteroatoms. The van der Waals surface area contributed by atoms with E-state index in [1.807, 2.05) is 24.3 Å². The molecule has 0 spiro atoms. The Morgan fingerprint density at radius 3 is 2.82 bits per heavy atom. The minimum absolute atomic E-state index is 0.111. The van der Waals surface area contributed by atoms with Crippen LogP contribution in [-0.4, -0.2) is 46.3 Å². The van der Waals surface area contributed by atoms with Crippen molar-refractivity contribution in [1.29, 1.82) is 0 Å². The SMILES string of the molecule is O=C1CN(C(=O)c2ccc(CNc3ccnc4cc(Br)cnc34)cc2)CCN1. The molecule has 28 heavy (non-hydrogen) atoms. The Hall–Kier alpha value is -3.00. The molecule has 1 saturated heterocycles. The number of anilines is 1. The van der Waals surface area contributed by atoms with Crippen LogP contribution >= 0.6 is 15.9 Å². The molecular weight excluding hydrogens is 422 g/mol. The van der Waals surface area contributed by atoms with Gasteiger partial charge in [0.2, 0.25) is 5.91 Å². The van der Waals surface area contributed by atoms with Gasteiger partial charge in [0.1, 0.15) is 5.52 Å². The molecule has 0 atom stereocenters. The van der Waals surface area contributed by atoms with Crippen LogP contribution in [0.5, 0.6) is 0 Å². The van der Waals surface area contributed by atoms with Crippen LogP contribution in [0.4, 0.5) is 5.69 Å². The van der Waals surface area contributed by atoms with Crippen molar-refractivity contribution in [2.24, 2.45) is 0 Å². The van der Waals surface area contributed by atoms with Crippen LogP contribution < -0.4 is 10.6 Å². The van der Waals surface area contributed by atoms with Crippen molar-refractivity contribution in [3.8, 4) is 0 Å². The third kappa shape index (κ3) is 3.96. The quantitative estimate of drug-likeness (QED) is 0.652. The van der Waals surface area contributed by atoms with Crippen molar-refractivity contribution < 1.29 is 9.59 Å². The lowest BCUT2D eigenvalue weighted by molar-refractivity contribution is -0.123. The van der Waals surface area contributed by atoms with E-state index in [1.165, 1.54) is 0 Å². The molecule has 0 aliphatic carbocycles. The summed E-state index contributed by atoms with van der Waals surface area (Å²) in [6.07, 6.45) is 3.49. The molecule has 2 amide bonds. The summed E-state index contributed by atoms with van der Waals surface area (Å²) in [4.78, 5) is 34.3. The zero-order chi connectivity index (χ0) is 19.5. The van der Waals surface area contributed by atoms with Gasteiger partial charge in [-0.2, -0.15) is 0 Å². The normalized spacial score (nSPS) is 14.0. The van der Waals surface area contributed by atoms with Crippen molar-refractivity contribution in [3.63, 3.8) is 0 Å². The van der Waals surface area contributed by atoms with E-state index in [0.29, 0.717) is 25.2 Å². The Labute approximate surface area is 170 Å². The number of fused-ring (bicyclic) bond motifs is 1. The summed E-state index contributed by atoms with van der Waals surface area (Å²) < 4.78 is 0.885. The molecule has 0 unspecified atom stereocenters. The predicted octanol–water partition coefficient (Wildman–Crippen LogP) is 2.58. The van der Waals surface area contributed by atoms with Gasteiger partial charge in [-0.25, -0.2) is 0 Å². The summed E-state index contributed by atoms with van der Waals surface area (Å²) in [5, 5.41) is 6.10. The van der Waals surface area contributed by atoms with Crippen LogP contribution in [0.3, 0.4) is 0 Å². The Bertz CT molecular complexity index is 1040. The lowest BCUT2D eigenvalue weighted by Gasteiger charge is -2.26. The molecule has 1 aromatic carbocycles. The Morgan fingerprint density at radius 2 is 2.04 bits per heavy atom. The molecule has 3 heterocycles. The van der Waals surface area contributed by atoms with Gasteiger partial charge in [-0.15, -0.1) is 0 Å². The maximum atomic E-state index is 12.5. The lowest BCUT2D eigenvalue weighted by atomic mass is 10.1. The summed E-state index contributed by atoms with van der Waals surface area (Å²) in [6, 6.07) is 11.2. The van der Waals surface area contributed by atoms with Crippen LogP contribution in [0.1, 0.15) is 15.9 Å². The van der Waals surface area contributed by atoms with Gasteiger partial charge in [0.25, 0.3) is 5.91 Å². The second-order valence-corrected chi connectivity index (χ2v) is 7.42. The molecule has 142 valence electrons. The van der Waals surface area contributed by atoms with Crippen LogP contribution in [0.25, 0.3) is 11.0 Å². The molecule has 3 aromatic rings. The van der Waals surface area contributed by atoms with Crippen molar-refractivity contribution >= 4 is 44.5 Å². The van der Waals surface area contributed by atoms with Gasteiger partial charge >= 0.3 is 0 Å². The van der Waals surface area contributed by atoms with E-state index in [0.717, 1.165) is 26.8 Å². The standard InChI is InChI=1S/C20H18BrN5O2/c21-15-9-17-19(25-11-15)16(5-6-22-17)24-10-13-1-3-14(4-2-13)20(28)26-8-7-23-18(27)12-26/h1-6,9,11H,7-8,10,12H2,(H,22,24)(H,23,27). The van der Waals surface area contributed by atoms with Crippen molar-refractivity contribution in [1.82, 2.24) is 20.2 Å². The average molecular weight is 440 g/mol. The number of hydrogen-bond donors (Lipinski definition) is 2. The number of aromatic nitrogens is 2. The van der Waals surface area contributed by atoms with E-state index in [4.69, 9.17) is 0 Å². The summed E-state index contributed by atoms with van der Waals surface area (Å²) in [6.45, 7) is 1.74. The second-order valence-electron chi connectivity index (χ2n) is 6.51. The predicted molar refractivity (Wildman–Crippen MR) is 110 cm³/mol. The highest BCUT2D eigenvalue weighted by Crippen LogP contribution is 2.22. The number of pyridine rings is 2. The van der Waals surface area contributed by atoms with Crippen molar-refractivity contribution in [2.75, 3.05) is 25.0 Å². The van der Waals surface area contributed by atoms with Gasteiger partial charge in [0.05, 0.1) is 17.7 Å². The summed E-state index contributed by atoms with van der Waals surface area (Å²) in [5.74, 6) is -0.241. The average Bonchev–Trinajstić information content (AvgIpc) is 2.72. The first-order valence-corrected chi connectivity index (χ1v) is 9.68. The number of hydrogen-bond acceptors (Lipinski definition) is 5.